The predicted octanol–water partition coefficient (Wildman–Crippen LogP) is 2.92. The number of ether oxygens (including phenoxy) is 1. The van der Waals surface area contributed by atoms with E-state index in [1.165, 1.54) is 13.1 Å². The van der Waals surface area contributed by atoms with E-state index in [9.17, 15) is 0 Å². The zero-order chi connectivity index (χ0) is 15.2. The highest BCUT2D eigenvalue weighted by atomic mass is 32.2. The first-order valence-electron chi connectivity index (χ1n) is 7.45. The number of thiocarbonyl (C=S) groups is 1. The van der Waals surface area contributed by atoms with Crippen LogP contribution < -0.4 is 10.5 Å². The van der Waals surface area contributed by atoms with E-state index in [0.29, 0.717) is 4.99 Å². The Morgan fingerprint density at radius 1 is 1.38 bits per heavy atom. The number of thioether (sulfide) groups is 1. The molecule has 2 unspecified atom stereocenters. The van der Waals surface area contributed by atoms with Gasteiger partial charge in [0.05, 0.1) is 6.61 Å². The smallest absolute Gasteiger partial charge is 0.119 e. The van der Waals surface area contributed by atoms with Crippen LogP contribution in [0, 0.1) is 0 Å². The molecule has 2 rings (SSSR count). The molecule has 0 spiro atoms. The van der Waals surface area contributed by atoms with Gasteiger partial charge < -0.3 is 15.4 Å². The van der Waals surface area contributed by atoms with Gasteiger partial charge in [0.25, 0.3) is 0 Å². The van der Waals surface area contributed by atoms with Crippen molar-refractivity contribution in [2.24, 2.45) is 5.73 Å². The first kappa shape index (κ1) is 16.6. The fraction of sp³-hybridized carbons (Fsp3) is 0.562. The number of benzene rings is 1. The van der Waals surface area contributed by atoms with Crippen molar-refractivity contribution in [3.63, 3.8) is 0 Å². The molecule has 1 aliphatic rings. The van der Waals surface area contributed by atoms with E-state index in [1.54, 1.807) is 0 Å². The van der Waals surface area contributed by atoms with Crippen LogP contribution in [0.4, 0.5) is 0 Å². The molecule has 116 valence electrons. The Kier molecular flexibility index (Phi) is 6.33. The van der Waals surface area contributed by atoms with Crippen molar-refractivity contribution in [1.82, 2.24) is 4.90 Å². The summed E-state index contributed by atoms with van der Waals surface area (Å²) in [6, 6.07) is 7.69. The van der Waals surface area contributed by atoms with Crippen molar-refractivity contribution >= 4 is 29.0 Å². The van der Waals surface area contributed by atoms with Crippen LogP contribution in [-0.2, 0) is 0 Å². The van der Waals surface area contributed by atoms with Crippen LogP contribution in [0.5, 0.6) is 5.75 Å². The predicted molar refractivity (Wildman–Crippen MR) is 95.4 cm³/mol. The van der Waals surface area contributed by atoms with Crippen molar-refractivity contribution < 1.29 is 4.74 Å². The van der Waals surface area contributed by atoms with Gasteiger partial charge >= 0.3 is 0 Å². The van der Waals surface area contributed by atoms with Crippen molar-refractivity contribution in [3.05, 3.63) is 29.8 Å². The number of nitrogens with zero attached hydrogens (tertiary/aromatic N) is 1. The Morgan fingerprint density at radius 2 is 2.10 bits per heavy atom. The van der Waals surface area contributed by atoms with Crippen molar-refractivity contribution in [2.45, 2.75) is 30.8 Å². The first-order valence-corrected chi connectivity index (χ1v) is 8.80. The summed E-state index contributed by atoms with van der Waals surface area (Å²) in [6.45, 7) is 8.82. The van der Waals surface area contributed by atoms with E-state index in [4.69, 9.17) is 22.7 Å². The summed E-state index contributed by atoms with van der Waals surface area (Å²) < 4.78 is 5.79. The molecule has 1 aromatic rings. The Bertz CT molecular complexity index is 471. The summed E-state index contributed by atoms with van der Waals surface area (Å²) in [5.74, 6) is 0.844. The molecular weight excluding hydrogens is 300 g/mol. The lowest BCUT2D eigenvalue weighted by Crippen LogP contribution is -2.41. The van der Waals surface area contributed by atoms with Gasteiger partial charge in [0.15, 0.2) is 0 Å². The van der Waals surface area contributed by atoms with Crippen LogP contribution in [-0.4, -0.2) is 46.6 Å². The van der Waals surface area contributed by atoms with Crippen molar-refractivity contribution in [1.29, 1.82) is 0 Å². The normalized spacial score (nSPS) is 23.0. The van der Waals surface area contributed by atoms with Gasteiger partial charge in [0.2, 0.25) is 0 Å². The molecule has 5 heteroatoms. The molecule has 2 atom stereocenters. The highest BCUT2D eigenvalue weighted by Gasteiger charge is 2.21. The van der Waals surface area contributed by atoms with Crippen molar-refractivity contribution in [2.75, 3.05) is 26.2 Å². The van der Waals surface area contributed by atoms with E-state index in [2.05, 4.69) is 30.5 Å². The zero-order valence-electron chi connectivity index (χ0n) is 12.7. The van der Waals surface area contributed by atoms with Gasteiger partial charge in [-0.2, -0.15) is 11.8 Å². The van der Waals surface area contributed by atoms with E-state index in [0.717, 1.165) is 41.4 Å². The molecule has 0 bridgehead atoms. The van der Waals surface area contributed by atoms with Gasteiger partial charge in [-0.1, -0.05) is 38.2 Å². The van der Waals surface area contributed by atoms with Gasteiger partial charge in [-0.3, -0.25) is 0 Å². The number of hydrogen-bond acceptors (Lipinski definition) is 4. The molecule has 2 N–H and O–H groups in total. The molecule has 1 fully saturated rings. The summed E-state index contributed by atoms with van der Waals surface area (Å²) in [5, 5.41) is 1.47. The number of hydrogen-bond donors (Lipinski definition) is 1. The second-order valence-corrected chi connectivity index (χ2v) is 7.93. The van der Waals surface area contributed by atoms with Crippen LogP contribution in [0.25, 0.3) is 0 Å². The molecule has 1 saturated heterocycles. The summed E-state index contributed by atoms with van der Waals surface area (Å²) in [4.78, 5) is 2.95. The average Bonchev–Trinajstić information content (AvgIpc) is 2.43. The second-order valence-electron chi connectivity index (χ2n) is 5.61. The van der Waals surface area contributed by atoms with Gasteiger partial charge in [-0.25, -0.2) is 0 Å². The minimum atomic E-state index is 0.411. The first-order chi connectivity index (χ1) is 10.0. The van der Waals surface area contributed by atoms with Gasteiger partial charge in [-0.05, 0) is 18.6 Å². The van der Waals surface area contributed by atoms with E-state index in [1.807, 2.05) is 24.3 Å². The standard InChI is InChI=1S/C16H24N2OS2/c1-12-10-18(11-13(2)21-12)7-4-8-19-15-6-3-5-14(9-15)16(17)20/h3,5-6,9,12-13H,4,7-8,10-11H2,1-2H3,(H2,17,20). The fourth-order valence-corrected chi connectivity index (χ4v) is 4.20. The molecule has 21 heavy (non-hydrogen) atoms. The van der Waals surface area contributed by atoms with Crippen LogP contribution in [0.2, 0.25) is 0 Å². The average molecular weight is 325 g/mol. The third-order valence-corrected chi connectivity index (χ3v) is 4.96. The molecule has 1 heterocycles. The Morgan fingerprint density at radius 3 is 2.76 bits per heavy atom. The molecular formula is C16H24N2OS2. The molecule has 0 amide bonds. The van der Waals surface area contributed by atoms with Crippen LogP contribution in [0.3, 0.4) is 0 Å². The Hall–Kier alpha value is -0.780. The maximum Gasteiger partial charge on any atom is 0.119 e. The third-order valence-electron chi connectivity index (χ3n) is 3.50. The molecule has 1 aromatic carbocycles. The van der Waals surface area contributed by atoms with Crippen LogP contribution >= 0.6 is 24.0 Å². The largest absolute Gasteiger partial charge is 0.494 e. The third kappa shape index (κ3) is 5.49. The summed E-state index contributed by atoms with van der Waals surface area (Å²) in [7, 11) is 0. The van der Waals surface area contributed by atoms with Gasteiger partial charge in [-0.15, -0.1) is 0 Å². The Balaban J connectivity index is 1.72. The van der Waals surface area contributed by atoms with E-state index < -0.39 is 0 Å². The lowest BCUT2D eigenvalue weighted by atomic mass is 10.2. The van der Waals surface area contributed by atoms with Crippen LogP contribution in [0.15, 0.2) is 24.3 Å². The number of rotatable bonds is 6. The van der Waals surface area contributed by atoms with E-state index >= 15 is 0 Å². The number of nitrogens with two attached hydrogens (primary N) is 1. The molecule has 0 radical (unpaired) electrons. The summed E-state index contributed by atoms with van der Waals surface area (Å²) in [5.41, 5.74) is 6.49. The molecule has 0 aromatic heterocycles. The molecule has 0 saturated carbocycles. The quantitative estimate of drug-likeness (QED) is 0.643. The summed E-state index contributed by atoms with van der Waals surface area (Å²) >= 11 is 7.07. The molecule has 3 nitrogen and oxygen atoms in total. The van der Waals surface area contributed by atoms with E-state index in [-0.39, 0.29) is 0 Å². The fourth-order valence-electron chi connectivity index (χ4n) is 2.68. The highest BCUT2D eigenvalue weighted by molar-refractivity contribution is 8.00. The second kappa shape index (κ2) is 8.01. The minimum Gasteiger partial charge on any atom is -0.494 e. The van der Waals surface area contributed by atoms with Gasteiger partial charge in [0, 0.05) is 35.7 Å². The molecule has 1 aliphatic heterocycles. The SMILES string of the molecule is CC1CN(CCCOc2cccc(C(N)=S)c2)CC(C)S1. The Labute approximate surface area is 137 Å². The van der Waals surface area contributed by atoms with Crippen molar-refractivity contribution in [3.8, 4) is 5.75 Å². The highest BCUT2D eigenvalue weighted by Crippen LogP contribution is 2.24. The topological polar surface area (TPSA) is 38.5 Å². The monoisotopic (exact) mass is 324 g/mol. The van der Waals surface area contributed by atoms with Crippen LogP contribution in [0.1, 0.15) is 25.8 Å². The zero-order valence-corrected chi connectivity index (χ0v) is 14.4. The summed E-state index contributed by atoms with van der Waals surface area (Å²) in [6.07, 6.45) is 1.04. The van der Waals surface area contributed by atoms with Gasteiger partial charge in [0.1, 0.15) is 10.7 Å². The lowest BCUT2D eigenvalue weighted by Gasteiger charge is -2.34. The lowest BCUT2D eigenvalue weighted by molar-refractivity contribution is 0.232. The minimum absolute atomic E-state index is 0.411. The maximum absolute atomic E-state index is 5.79. The molecule has 0 aliphatic carbocycles. The maximum atomic E-state index is 5.79.